The molecule has 54 heavy (non-hydrogen) atoms. The molecule has 7 rings (SSSR count). The van der Waals surface area contributed by atoms with Crippen molar-refractivity contribution in [2.45, 2.75) is 123 Å². The van der Waals surface area contributed by atoms with Crippen molar-refractivity contribution in [3.05, 3.63) is 93.5 Å². The fourth-order valence-corrected chi connectivity index (χ4v) is 8.82. The Labute approximate surface area is 322 Å². The first-order chi connectivity index (χ1) is 25.3. The lowest BCUT2D eigenvalue weighted by Gasteiger charge is -2.39. The van der Waals surface area contributed by atoms with Crippen LogP contribution in [0.1, 0.15) is 106 Å². The molecule has 2 fully saturated rings. The van der Waals surface area contributed by atoms with Gasteiger partial charge in [0.15, 0.2) is 0 Å². The number of ether oxygens (including phenoxy) is 2. The summed E-state index contributed by atoms with van der Waals surface area (Å²) in [6, 6.07) is 19.0. The number of hydrogen-bond acceptors (Lipinski definition) is 6. The number of nitrogens with one attached hydrogen (secondary N) is 1. The van der Waals surface area contributed by atoms with Crippen LogP contribution in [0.3, 0.4) is 0 Å². The van der Waals surface area contributed by atoms with Crippen LogP contribution in [0, 0.1) is 27.7 Å². The van der Waals surface area contributed by atoms with Crippen molar-refractivity contribution in [1.82, 2.24) is 9.80 Å². The van der Waals surface area contributed by atoms with Crippen molar-refractivity contribution in [3.63, 3.8) is 0 Å². The molecule has 1 N–H and O–H groups in total. The Bertz CT molecular complexity index is 1890. The first-order valence-corrected chi connectivity index (χ1v) is 19.6. The molecule has 0 unspecified atom stereocenters. The third-order valence-electron chi connectivity index (χ3n) is 11.4. The van der Waals surface area contributed by atoms with Crippen LogP contribution in [0.2, 0.25) is 0 Å². The average Bonchev–Trinajstić information content (AvgIpc) is 3.53. The zero-order chi connectivity index (χ0) is 39.2. The van der Waals surface area contributed by atoms with Crippen LogP contribution >= 0.6 is 0 Å². The Morgan fingerprint density at radius 2 is 1.20 bits per heavy atom. The van der Waals surface area contributed by atoms with Gasteiger partial charge in [0.05, 0.1) is 17.6 Å². The number of hydrogen-bond donors (Lipinski definition) is 1. The van der Waals surface area contributed by atoms with Gasteiger partial charge in [-0.15, -0.1) is 0 Å². The van der Waals surface area contributed by atoms with E-state index in [0.29, 0.717) is 32.5 Å². The lowest BCUT2D eigenvalue weighted by Crippen LogP contribution is -2.50. The Kier molecular flexibility index (Phi) is 10.6. The van der Waals surface area contributed by atoms with Crippen molar-refractivity contribution in [1.29, 1.82) is 0 Å². The van der Waals surface area contributed by atoms with E-state index in [1.54, 1.807) is 4.90 Å². The number of amides is 3. The van der Waals surface area contributed by atoms with E-state index >= 15 is 0 Å². The van der Waals surface area contributed by atoms with Crippen molar-refractivity contribution < 1.29 is 23.9 Å². The van der Waals surface area contributed by atoms with E-state index in [2.05, 4.69) is 69.4 Å². The maximum Gasteiger partial charge on any atom is 0.410 e. The maximum absolute atomic E-state index is 13.9. The lowest BCUT2D eigenvalue weighted by molar-refractivity contribution is -0.125. The zero-order valence-electron chi connectivity index (χ0n) is 34.2. The molecule has 4 aliphatic heterocycles. The summed E-state index contributed by atoms with van der Waals surface area (Å²) in [5, 5.41) is 3.60. The number of aryl methyl sites for hydroxylation is 4. The van der Waals surface area contributed by atoms with Gasteiger partial charge in [0, 0.05) is 43.8 Å². The molecule has 3 amide bonds. The number of likely N-dealkylation sites (tertiary alicyclic amines) is 2. The van der Waals surface area contributed by atoms with E-state index in [1.165, 1.54) is 27.9 Å². The predicted molar refractivity (Wildman–Crippen MR) is 215 cm³/mol. The molecule has 9 heteroatoms. The van der Waals surface area contributed by atoms with Crippen molar-refractivity contribution in [2.75, 3.05) is 42.9 Å². The van der Waals surface area contributed by atoms with Crippen molar-refractivity contribution in [2.24, 2.45) is 0 Å². The van der Waals surface area contributed by atoms with Crippen LogP contribution in [0.25, 0.3) is 0 Å². The Hall–Kier alpha value is -4.53. The number of nitrogens with zero attached hydrogens (tertiary/aromatic N) is 3. The fraction of sp³-hybridized carbons (Fsp3) is 0.533. The molecule has 9 nitrogen and oxygen atoms in total. The number of fused-ring (bicyclic) bond motifs is 4. The SMILES string of the molecule is Cc1cc(C)c2c(c1)C1(CCN(C(=O)OC(C)(C)C)CC1)C(=O)N2Cc1ccccc1.Cc1cc(C)c2c(c1)C1(CCN(C(=O)OC(C)(C)C)CC1)CN2. The minimum Gasteiger partial charge on any atom is -0.444 e. The molecule has 0 aromatic heterocycles. The van der Waals surface area contributed by atoms with E-state index in [1.807, 2.05) is 69.5 Å². The van der Waals surface area contributed by atoms with Crippen molar-refractivity contribution in [3.8, 4) is 0 Å². The molecule has 0 aliphatic carbocycles. The van der Waals surface area contributed by atoms with Crippen LogP contribution in [0.4, 0.5) is 21.0 Å². The molecular formula is C45H60N4O5. The van der Waals surface area contributed by atoms with Gasteiger partial charge in [-0.05, 0) is 123 Å². The summed E-state index contributed by atoms with van der Waals surface area (Å²) in [6.07, 6.45) is 2.75. The molecule has 2 saturated heterocycles. The molecule has 2 spiro atoms. The Morgan fingerprint density at radius 1 is 0.704 bits per heavy atom. The summed E-state index contributed by atoms with van der Waals surface area (Å²) < 4.78 is 11.1. The van der Waals surface area contributed by atoms with E-state index in [-0.39, 0.29) is 23.5 Å². The molecular weight excluding hydrogens is 677 g/mol. The van der Waals surface area contributed by atoms with E-state index in [0.717, 1.165) is 54.9 Å². The summed E-state index contributed by atoms with van der Waals surface area (Å²) in [7, 11) is 0. The molecule has 4 aliphatic rings. The summed E-state index contributed by atoms with van der Waals surface area (Å²) in [6.45, 7) is 24.0. The average molecular weight is 737 g/mol. The highest BCUT2D eigenvalue weighted by Gasteiger charge is 2.53. The third-order valence-corrected chi connectivity index (χ3v) is 11.4. The van der Waals surface area contributed by atoms with Gasteiger partial charge in [-0.3, -0.25) is 4.79 Å². The third kappa shape index (κ3) is 7.96. The summed E-state index contributed by atoms with van der Waals surface area (Å²) >= 11 is 0. The largest absolute Gasteiger partial charge is 0.444 e. The van der Waals surface area contributed by atoms with Gasteiger partial charge in [-0.2, -0.15) is 0 Å². The van der Waals surface area contributed by atoms with Crippen molar-refractivity contribution >= 4 is 29.5 Å². The second-order valence-electron chi connectivity index (χ2n) is 18.0. The minimum atomic E-state index is -0.570. The fourth-order valence-electron chi connectivity index (χ4n) is 8.82. The molecule has 3 aromatic rings. The number of rotatable bonds is 2. The van der Waals surface area contributed by atoms with Crippen LogP contribution in [0.15, 0.2) is 54.6 Å². The number of carbonyl (C=O) groups excluding carboxylic acids is 3. The summed E-state index contributed by atoms with van der Waals surface area (Å²) in [5.41, 5.74) is 9.62. The number of carbonyl (C=O) groups is 3. The van der Waals surface area contributed by atoms with Gasteiger partial charge in [0.25, 0.3) is 0 Å². The van der Waals surface area contributed by atoms with Gasteiger partial charge in [-0.25, -0.2) is 9.59 Å². The number of anilines is 2. The second-order valence-corrected chi connectivity index (χ2v) is 18.0. The molecule has 3 aromatic carbocycles. The predicted octanol–water partition coefficient (Wildman–Crippen LogP) is 9.12. The Morgan fingerprint density at radius 3 is 1.74 bits per heavy atom. The van der Waals surface area contributed by atoms with Crippen LogP contribution in [-0.4, -0.2) is 71.8 Å². The quantitative estimate of drug-likeness (QED) is 0.282. The first kappa shape index (κ1) is 39.2. The molecule has 0 radical (unpaired) electrons. The van der Waals surface area contributed by atoms with Gasteiger partial charge in [-0.1, -0.05) is 65.7 Å². The van der Waals surface area contributed by atoms with Crippen LogP contribution in [-0.2, 0) is 31.6 Å². The standard InChI is InChI=1S/C26H32N2O3.C19H28N2O2/c1-18-15-19(2)22-21(16-18)26(23(29)28(22)17-20-9-7-6-8-10-20)11-13-27(14-12-26)24(30)31-25(3,4)5;1-13-10-14(2)16-15(11-13)19(12-20-16)6-8-21(9-7-19)17(22)23-18(3,4)5/h6-10,15-16H,11-14,17H2,1-5H3;10-11,20H,6-9,12H2,1-5H3. The van der Waals surface area contributed by atoms with Gasteiger partial charge >= 0.3 is 12.2 Å². The second kappa shape index (κ2) is 14.6. The topological polar surface area (TPSA) is 91.4 Å². The van der Waals surface area contributed by atoms with Gasteiger partial charge in [0.1, 0.15) is 11.2 Å². The monoisotopic (exact) mass is 736 g/mol. The van der Waals surface area contributed by atoms with E-state index in [4.69, 9.17) is 9.47 Å². The lowest BCUT2D eigenvalue weighted by atomic mass is 9.73. The molecule has 0 bridgehead atoms. The molecule has 0 atom stereocenters. The Balaban J connectivity index is 0.000000193. The minimum absolute atomic E-state index is 0.156. The molecule has 290 valence electrons. The summed E-state index contributed by atoms with van der Waals surface area (Å²) in [4.78, 5) is 44.3. The molecule has 0 saturated carbocycles. The highest BCUT2D eigenvalue weighted by molar-refractivity contribution is 6.09. The highest BCUT2D eigenvalue weighted by atomic mass is 16.6. The first-order valence-electron chi connectivity index (χ1n) is 19.6. The number of piperidine rings is 2. The number of benzene rings is 3. The summed E-state index contributed by atoms with van der Waals surface area (Å²) in [5.74, 6) is 0.156. The maximum atomic E-state index is 13.9. The molecule has 4 heterocycles. The highest BCUT2D eigenvalue weighted by Crippen LogP contribution is 2.50. The van der Waals surface area contributed by atoms with Gasteiger partial charge < -0.3 is 29.5 Å². The zero-order valence-corrected chi connectivity index (χ0v) is 34.2. The van der Waals surface area contributed by atoms with E-state index < -0.39 is 16.6 Å². The van der Waals surface area contributed by atoms with Gasteiger partial charge in [0.2, 0.25) is 5.91 Å². The van der Waals surface area contributed by atoms with E-state index in [9.17, 15) is 14.4 Å². The normalized spacial score (nSPS) is 18.5. The van der Waals surface area contributed by atoms with Crippen LogP contribution < -0.4 is 10.2 Å². The van der Waals surface area contributed by atoms with Crippen LogP contribution in [0.5, 0.6) is 0 Å². The smallest absolute Gasteiger partial charge is 0.410 e.